The molecule has 134 valence electrons. The van der Waals surface area contributed by atoms with Crippen LogP contribution in [0.15, 0.2) is 36.4 Å². The van der Waals surface area contributed by atoms with Gasteiger partial charge in [-0.05, 0) is 23.7 Å². The maximum atomic E-state index is 12.2. The highest BCUT2D eigenvalue weighted by atomic mass is 35.5. The van der Waals surface area contributed by atoms with Crippen molar-refractivity contribution in [2.75, 3.05) is 26.6 Å². The zero-order valence-corrected chi connectivity index (χ0v) is 15.1. The van der Waals surface area contributed by atoms with Crippen molar-refractivity contribution in [3.63, 3.8) is 0 Å². The van der Waals surface area contributed by atoms with E-state index in [0.29, 0.717) is 28.5 Å². The third-order valence-electron chi connectivity index (χ3n) is 3.76. The molecule has 1 heterocycles. The predicted molar refractivity (Wildman–Crippen MR) is 98.7 cm³/mol. The maximum Gasteiger partial charge on any atom is 0.340 e. The molecule has 0 saturated carbocycles. The first kappa shape index (κ1) is 17.8. The van der Waals surface area contributed by atoms with Crippen molar-refractivity contribution in [3.05, 3.63) is 47.2 Å². The van der Waals surface area contributed by atoms with Gasteiger partial charge >= 0.3 is 5.97 Å². The summed E-state index contributed by atoms with van der Waals surface area (Å²) >= 11 is 6.03. The summed E-state index contributed by atoms with van der Waals surface area (Å²) in [4.78, 5) is 20.6. The van der Waals surface area contributed by atoms with Crippen LogP contribution in [0.3, 0.4) is 0 Å². The fourth-order valence-electron chi connectivity index (χ4n) is 2.53. The average Bonchev–Trinajstić information content (AvgIpc) is 2.66. The largest absolute Gasteiger partial charge is 0.493 e. The first-order valence-electron chi connectivity index (χ1n) is 7.61. The molecular formula is C18H16ClN3O4. The zero-order chi connectivity index (χ0) is 18.7. The number of carbonyl (C=O) groups is 1. The second kappa shape index (κ2) is 7.45. The van der Waals surface area contributed by atoms with Gasteiger partial charge in [0.1, 0.15) is 5.82 Å². The summed E-state index contributed by atoms with van der Waals surface area (Å²) in [7, 11) is 4.31. The number of hydrogen-bond donors (Lipinski definition) is 1. The van der Waals surface area contributed by atoms with Gasteiger partial charge in [0.05, 0.1) is 38.1 Å². The number of benzene rings is 2. The van der Waals surface area contributed by atoms with Crippen LogP contribution in [0.4, 0.5) is 11.5 Å². The molecule has 1 N–H and O–H groups in total. The van der Waals surface area contributed by atoms with Crippen LogP contribution >= 0.6 is 11.6 Å². The average molecular weight is 374 g/mol. The van der Waals surface area contributed by atoms with Crippen LogP contribution in [-0.2, 0) is 4.74 Å². The van der Waals surface area contributed by atoms with Crippen molar-refractivity contribution >= 4 is 40.0 Å². The number of carbonyl (C=O) groups excluding carboxylic acids is 1. The van der Waals surface area contributed by atoms with E-state index in [1.165, 1.54) is 27.4 Å². The van der Waals surface area contributed by atoms with Crippen molar-refractivity contribution in [1.29, 1.82) is 0 Å². The van der Waals surface area contributed by atoms with Crippen molar-refractivity contribution in [3.8, 4) is 11.5 Å². The molecule has 8 heteroatoms. The zero-order valence-electron chi connectivity index (χ0n) is 14.4. The van der Waals surface area contributed by atoms with E-state index in [2.05, 4.69) is 15.3 Å². The lowest BCUT2D eigenvalue weighted by molar-refractivity contribution is 0.0601. The number of nitrogens with one attached hydrogen (secondary N) is 1. The third kappa shape index (κ3) is 3.34. The van der Waals surface area contributed by atoms with Crippen molar-refractivity contribution in [2.24, 2.45) is 0 Å². The SMILES string of the molecule is COC(=O)c1cc(OC)c(OC)cc1Nc1nc(Cl)nc2ccccc12. The molecule has 0 bridgehead atoms. The van der Waals surface area contributed by atoms with Crippen LogP contribution in [0.1, 0.15) is 10.4 Å². The van der Waals surface area contributed by atoms with Gasteiger partial charge in [0.25, 0.3) is 0 Å². The quantitative estimate of drug-likeness (QED) is 0.537. The number of rotatable bonds is 5. The number of methoxy groups -OCH3 is 3. The molecule has 26 heavy (non-hydrogen) atoms. The Hall–Kier alpha value is -3.06. The van der Waals surface area contributed by atoms with Crippen molar-refractivity contribution < 1.29 is 19.0 Å². The first-order chi connectivity index (χ1) is 12.6. The van der Waals surface area contributed by atoms with E-state index in [4.69, 9.17) is 25.8 Å². The lowest BCUT2D eigenvalue weighted by Gasteiger charge is -2.15. The summed E-state index contributed by atoms with van der Waals surface area (Å²) in [5.74, 6) is 0.784. The topological polar surface area (TPSA) is 82.6 Å². The van der Waals surface area contributed by atoms with E-state index >= 15 is 0 Å². The monoisotopic (exact) mass is 373 g/mol. The molecule has 0 aliphatic carbocycles. The van der Waals surface area contributed by atoms with Crippen molar-refractivity contribution in [2.45, 2.75) is 0 Å². The van der Waals surface area contributed by atoms with Crippen LogP contribution in [0.2, 0.25) is 5.28 Å². The molecule has 0 radical (unpaired) electrons. The molecule has 0 aliphatic rings. The first-order valence-corrected chi connectivity index (χ1v) is 7.98. The van der Waals surface area contributed by atoms with Gasteiger partial charge in [0.15, 0.2) is 11.5 Å². The predicted octanol–water partition coefficient (Wildman–Crippen LogP) is 3.83. The Labute approximate surface area is 154 Å². The highest BCUT2D eigenvalue weighted by Gasteiger charge is 2.19. The van der Waals surface area contributed by atoms with Gasteiger partial charge in [-0.25, -0.2) is 9.78 Å². The minimum atomic E-state index is -0.530. The number of esters is 1. The number of halogens is 1. The second-order valence-electron chi connectivity index (χ2n) is 5.23. The highest BCUT2D eigenvalue weighted by molar-refractivity contribution is 6.28. The van der Waals surface area contributed by atoms with Gasteiger partial charge in [-0.2, -0.15) is 4.98 Å². The van der Waals surface area contributed by atoms with E-state index in [1.54, 1.807) is 6.07 Å². The van der Waals surface area contributed by atoms with Gasteiger partial charge in [0.2, 0.25) is 5.28 Å². The number of nitrogens with zero attached hydrogens (tertiary/aromatic N) is 2. The molecule has 1 aromatic heterocycles. The van der Waals surface area contributed by atoms with Gasteiger partial charge in [-0.3, -0.25) is 0 Å². The van der Waals surface area contributed by atoms with Gasteiger partial charge in [0, 0.05) is 17.5 Å². The van der Waals surface area contributed by atoms with Gasteiger partial charge in [-0.1, -0.05) is 12.1 Å². The summed E-state index contributed by atoms with van der Waals surface area (Å²) in [6.45, 7) is 0. The Balaban J connectivity index is 2.16. The standard InChI is InChI=1S/C18H16ClN3O4/c1-24-14-8-11(17(23)26-3)13(9-15(14)25-2)20-16-10-6-4-5-7-12(10)21-18(19)22-16/h4-9H,1-3H3,(H,20,21,22). The van der Waals surface area contributed by atoms with Crippen LogP contribution in [0.25, 0.3) is 10.9 Å². The van der Waals surface area contributed by atoms with E-state index in [1.807, 2.05) is 24.3 Å². The number of aromatic nitrogens is 2. The third-order valence-corrected chi connectivity index (χ3v) is 3.93. The Kier molecular flexibility index (Phi) is 5.09. The molecule has 0 spiro atoms. The minimum absolute atomic E-state index is 0.0892. The number of ether oxygens (including phenoxy) is 3. The molecule has 3 rings (SSSR count). The van der Waals surface area contributed by atoms with Gasteiger partial charge < -0.3 is 19.5 Å². The molecule has 7 nitrogen and oxygen atoms in total. The van der Waals surface area contributed by atoms with E-state index in [9.17, 15) is 4.79 Å². The Morgan fingerprint density at radius 2 is 1.73 bits per heavy atom. The molecule has 0 fully saturated rings. The Morgan fingerprint density at radius 3 is 2.42 bits per heavy atom. The summed E-state index contributed by atoms with van der Waals surface area (Å²) in [5, 5.41) is 3.97. The molecular weight excluding hydrogens is 358 g/mol. The summed E-state index contributed by atoms with van der Waals surface area (Å²) in [6, 6.07) is 10.6. The highest BCUT2D eigenvalue weighted by Crippen LogP contribution is 2.36. The maximum absolute atomic E-state index is 12.2. The molecule has 0 amide bonds. The van der Waals surface area contributed by atoms with E-state index < -0.39 is 5.97 Å². The molecule has 0 atom stereocenters. The van der Waals surface area contributed by atoms with Crippen LogP contribution < -0.4 is 14.8 Å². The smallest absolute Gasteiger partial charge is 0.340 e. The Bertz CT molecular complexity index is 978. The fourth-order valence-corrected chi connectivity index (χ4v) is 2.71. The van der Waals surface area contributed by atoms with E-state index in [-0.39, 0.29) is 10.8 Å². The number of para-hydroxylation sites is 1. The normalized spacial score (nSPS) is 10.5. The summed E-state index contributed by atoms with van der Waals surface area (Å²) in [6.07, 6.45) is 0. The van der Waals surface area contributed by atoms with Crippen LogP contribution in [-0.4, -0.2) is 37.3 Å². The molecule has 0 saturated heterocycles. The summed E-state index contributed by atoms with van der Waals surface area (Å²) < 4.78 is 15.4. The molecule has 2 aromatic carbocycles. The van der Waals surface area contributed by atoms with Crippen molar-refractivity contribution in [1.82, 2.24) is 9.97 Å². The second-order valence-corrected chi connectivity index (χ2v) is 5.57. The lowest BCUT2D eigenvalue weighted by Crippen LogP contribution is -2.08. The van der Waals surface area contributed by atoms with Crippen LogP contribution in [0, 0.1) is 0 Å². The Morgan fingerprint density at radius 1 is 1.04 bits per heavy atom. The fraction of sp³-hybridized carbons (Fsp3) is 0.167. The number of fused-ring (bicyclic) bond motifs is 1. The minimum Gasteiger partial charge on any atom is -0.493 e. The van der Waals surface area contributed by atoms with Gasteiger partial charge in [-0.15, -0.1) is 0 Å². The lowest BCUT2D eigenvalue weighted by atomic mass is 10.1. The molecule has 0 aliphatic heterocycles. The summed E-state index contributed by atoms with van der Waals surface area (Å²) in [5.41, 5.74) is 1.38. The van der Waals surface area contributed by atoms with Crippen LogP contribution in [0.5, 0.6) is 11.5 Å². The number of hydrogen-bond acceptors (Lipinski definition) is 7. The van der Waals surface area contributed by atoms with E-state index in [0.717, 1.165) is 5.39 Å². The number of anilines is 2. The molecule has 3 aromatic rings. The molecule has 0 unspecified atom stereocenters.